The zero-order valence-corrected chi connectivity index (χ0v) is 13.2. The lowest BCUT2D eigenvalue weighted by Gasteiger charge is -2.11. The quantitative estimate of drug-likeness (QED) is 0.756. The topological polar surface area (TPSA) is 78.4 Å². The normalized spacial score (nSPS) is 11.8. The third-order valence-corrected chi connectivity index (χ3v) is 3.77. The van der Waals surface area contributed by atoms with Gasteiger partial charge in [0.05, 0.1) is 6.10 Å². The molecule has 1 aromatic carbocycles. The van der Waals surface area contributed by atoms with E-state index >= 15 is 0 Å². The van der Waals surface area contributed by atoms with Gasteiger partial charge in [0.25, 0.3) is 0 Å². The Bertz CT molecular complexity index is 648. The Hall–Kier alpha value is -2.18. The van der Waals surface area contributed by atoms with Crippen molar-refractivity contribution in [1.82, 2.24) is 5.32 Å². The van der Waals surface area contributed by atoms with Gasteiger partial charge in [0, 0.05) is 12.2 Å². The summed E-state index contributed by atoms with van der Waals surface area (Å²) in [5, 5.41) is 18.5. The molecular formula is C16H18N2O3S. The highest BCUT2D eigenvalue weighted by molar-refractivity contribution is 7.07. The van der Waals surface area contributed by atoms with Crippen molar-refractivity contribution >= 4 is 28.8 Å². The number of thiophene rings is 1. The monoisotopic (exact) mass is 318 g/mol. The molecule has 0 saturated heterocycles. The second-order valence-corrected chi connectivity index (χ2v) is 5.89. The van der Waals surface area contributed by atoms with Crippen molar-refractivity contribution in [2.24, 2.45) is 0 Å². The Morgan fingerprint density at radius 2 is 1.86 bits per heavy atom. The van der Waals surface area contributed by atoms with Gasteiger partial charge in [-0.1, -0.05) is 6.07 Å². The molecular weight excluding hydrogens is 300 g/mol. The first-order valence-corrected chi connectivity index (χ1v) is 7.77. The van der Waals surface area contributed by atoms with Crippen LogP contribution in [-0.4, -0.2) is 23.5 Å². The Labute approximate surface area is 133 Å². The van der Waals surface area contributed by atoms with E-state index in [9.17, 15) is 14.7 Å². The first kappa shape index (κ1) is 16.2. The Morgan fingerprint density at radius 1 is 1.18 bits per heavy atom. The van der Waals surface area contributed by atoms with Gasteiger partial charge in [0.2, 0.25) is 0 Å². The van der Waals surface area contributed by atoms with Crippen LogP contribution in [0, 0.1) is 13.8 Å². The van der Waals surface area contributed by atoms with E-state index in [-0.39, 0.29) is 6.54 Å². The van der Waals surface area contributed by atoms with Crippen LogP contribution in [0.2, 0.25) is 0 Å². The molecule has 3 N–H and O–H groups in total. The summed E-state index contributed by atoms with van der Waals surface area (Å²) in [6.07, 6.45) is -0.816. The third-order valence-electron chi connectivity index (χ3n) is 3.07. The van der Waals surface area contributed by atoms with Crippen molar-refractivity contribution < 1.29 is 14.7 Å². The van der Waals surface area contributed by atoms with Crippen LogP contribution in [-0.2, 0) is 9.59 Å². The number of benzene rings is 1. The minimum atomic E-state index is -0.816. The fraction of sp³-hybridized carbons (Fsp3) is 0.250. The van der Waals surface area contributed by atoms with Crippen LogP contribution in [0.3, 0.4) is 0 Å². The maximum absolute atomic E-state index is 11.8. The van der Waals surface area contributed by atoms with Gasteiger partial charge in [-0.2, -0.15) is 11.3 Å². The van der Waals surface area contributed by atoms with Gasteiger partial charge < -0.3 is 15.7 Å². The molecule has 0 fully saturated rings. The predicted molar refractivity (Wildman–Crippen MR) is 86.8 cm³/mol. The van der Waals surface area contributed by atoms with E-state index in [1.165, 1.54) is 11.3 Å². The number of anilines is 1. The molecule has 5 nitrogen and oxygen atoms in total. The number of aryl methyl sites for hydroxylation is 2. The molecule has 1 unspecified atom stereocenters. The molecule has 0 radical (unpaired) electrons. The molecule has 2 aromatic rings. The molecule has 0 spiro atoms. The molecule has 1 aromatic heterocycles. The van der Waals surface area contributed by atoms with Crippen molar-refractivity contribution in [2.75, 3.05) is 11.9 Å². The fourth-order valence-electron chi connectivity index (χ4n) is 2.09. The standard InChI is InChI=1S/C16H18N2O3S/c1-10-5-11(2)7-13(6-10)18-16(21)15(20)17-8-14(19)12-3-4-22-9-12/h3-7,9,14,19H,8H2,1-2H3,(H,17,20)(H,18,21). The molecule has 0 bridgehead atoms. The number of rotatable bonds is 4. The third kappa shape index (κ3) is 4.41. The van der Waals surface area contributed by atoms with E-state index in [4.69, 9.17) is 0 Å². The van der Waals surface area contributed by atoms with Crippen molar-refractivity contribution in [3.05, 3.63) is 51.7 Å². The van der Waals surface area contributed by atoms with Crippen LogP contribution in [0.1, 0.15) is 22.8 Å². The predicted octanol–water partition coefficient (Wildman–Crippen LogP) is 2.15. The van der Waals surface area contributed by atoms with E-state index in [0.717, 1.165) is 16.7 Å². The zero-order valence-electron chi connectivity index (χ0n) is 12.4. The lowest BCUT2D eigenvalue weighted by Crippen LogP contribution is -2.37. The molecule has 2 amide bonds. The Balaban J connectivity index is 1.88. The second kappa shape index (κ2) is 7.20. The molecule has 6 heteroatoms. The largest absolute Gasteiger partial charge is 0.387 e. The molecule has 0 aliphatic rings. The summed E-state index contributed by atoms with van der Waals surface area (Å²) in [5.74, 6) is -1.52. The Kier molecular flexibility index (Phi) is 5.30. The number of hydrogen-bond acceptors (Lipinski definition) is 4. The highest BCUT2D eigenvalue weighted by Gasteiger charge is 2.16. The highest BCUT2D eigenvalue weighted by atomic mass is 32.1. The van der Waals surface area contributed by atoms with E-state index in [0.29, 0.717) is 5.69 Å². The second-order valence-electron chi connectivity index (χ2n) is 5.11. The number of carbonyl (C=O) groups excluding carboxylic acids is 2. The molecule has 0 aliphatic heterocycles. The van der Waals surface area contributed by atoms with E-state index in [2.05, 4.69) is 10.6 Å². The van der Waals surface area contributed by atoms with Gasteiger partial charge in [-0.25, -0.2) is 0 Å². The summed E-state index contributed by atoms with van der Waals surface area (Å²) in [6.45, 7) is 3.83. The first-order chi connectivity index (χ1) is 10.5. The number of nitrogens with one attached hydrogen (secondary N) is 2. The van der Waals surface area contributed by atoms with Crippen LogP contribution < -0.4 is 10.6 Å². The summed E-state index contributed by atoms with van der Waals surface area (Å²) in [5.41, 5.74) is 3.31. The van der Waals surface area contributed by atoms with Gasteiger partial charge in [-0.15, -0.1) is 0 Å². The van der Waals surface area contributed by atoms with Gasteiger partial charge in [0.1, 0.15) is 0 Å². The molecule has 2 rings (SSSR count). The van der Waals surface area contributed by atoms with Gasteiger partial charge in [0.15, 0.2) is 0 Å². The van der Waals surface area contributed by atoms with E-state index in [1.54, 1.807) is 23.6 Å². The maximum atomic E-state index is 11.8. The molecule has 0 aliphatic carbocycles. The average Bonchev–Trinajstić information content (AvgIpc) is 2.97. The van der Waals surface area contributed by atoms with Crippen molar-refractivity contribution in [1.29, 1.82) is 0 Å². The molecule has 1 atom stereocenters. The summed E-state index contributed by atoms with van der Waals surface area (Å²) < 4.78 is 0. The highest BCUT2D eigenvalue weighted by Crippen LogP contribution is 2.15. The zero-order chi connectivity index (χ0) is 16.1. The molecule has 1 heterocycles. The first-order valence-electron chi connectivity index (χ1n) is 6.83. The van der Waals surface area contributed by atoms with Crippen LogP contribution in [0.4, 0.5) is 5.69 Å². The summed E-state index contributed by atoms with van der Waals surface area (Å²) in [4.78, 5) is 23.6. The van der Waals surface area contributed by atoms with E-state index in [1.807, 2.05) is 25.3 Å². The minimum Gasteiger partial charge on any atom is -0.387 e. The SMILES string of the molecule is Cc1cc(C)cc(NC(=O)C(=O)NCC(O)c2ccsc2)c1. The van der Waals surface area contributed by atoms with Crippen LogP contribution >= 0.6 is 11.3 Å². The molecule has 0 saturated carbocycles. The van der Waals surface area contributed by atoms with E-state index < -0.39 is 17.9 Å². The van der Waals surface area contributed by atoms with Gasteiger partial charge in [-0.3, -0.25) is 9.59 Å². The van der Waals surface area contributed by atoms with Crippen LogP contribution in [0.25, 0.3) is 0 Å². The summed E-state index contributed by atoms with van der Waals surface area (Å²) in [6, 6.07) is 7.33. The lowest BCUT2D eigenvalue weighted by molar-refractivity contribution is -0.136. The number of aliphatic hydroxyl groups is 1. The van der Waals surface area contributed by atoms with Crippen LogP contribution in [0.15, 0.2) is 35.0 Å². The van der Waals surface area contributed by atoms with Gasteiger partial charge in [-0.05, 0) is 59.5 Å². The Morgan fingerprint density at radius 3 is 2.45 bits per heavy atom. The number of aliphatic hydroxyl groups excluding tert-OH is 1. The maximum Gasteiger partial charge on any atom is 0.313 e. The average molecular weight is 318 g/mol. The molecule has 116 valence electrons. The molecule has 22 heavy (non-hydrogen) atoms. The van der Waals surface area contributed by atoms with Crippen molar-refractivity contribution in [2.45, 2.75) is 20.0 Å². The van der Waals surface area contributed by atoms with Crippen molar-refractivity contribution in [3.63, 3.8) is 0 Å². The lowest BCUT2D eigenvalue weighted by atomic mass is 10.1. The van der Waals surface area contributed by atoms with Crippen LogP contribution in [0.5, 0.6) is 0 Å². The fourth-order valence-corrected chi connectivity index (χ4v) is 2.79. The van der Waals surface area contributed by atoms with Gasteiger partial charge >= 0.3 is 11.8 Å². The number of hydrogen-bond donors (Lipinski definition) is 3. The smallest absolute Gasteiger partial charge is 0.313 e. The summed E-state index contributed by atoms with van der Waals surface area (Å²) >= 11 is 1.46. The minimum absolute atomic E-state index is 0.00414. The van der Waals surface area contributed by atoms with Crippen molar-refractivity contribution in [3.8, 4) is 0 Å². The number of amides is 2. The number of carbonyl (C=O) groups is 2. The summed E-state index contributed by atoms with van der Waals surface area (Å²) in [7, 11) is 0.